The smallest absolute Gasteiger partial charge is 0.245 e. The van der Waals surface area contributed by atoms with Crippen molar-refractivity contribution in [3.05, 3.63) is 65.7 Å². The summed E-state index contributed by atoms with van der Waals surface area (Å²) in [5, 5.41) is 17.9. The highest BCUT2D eigenvalue weighted by molar-refractivity contribution is 5.94. The van der Waals surface area contributed by atoms with Crippen LogP contribution in [0.5, 0.6) is 5.75 Å². The normalized spacial score (nSPS) is 12.7. The summed E-state index contributed by atoms with van der Waals surface area (Å²) in [5.41, 5.74) is 23.5. The maximum absolute atomic E-state index is 13.5. The molecule has 13 nitrogen and oxygen atoms in total. The second-order valence-corrected chi connectivity index (χ2v) is 9.49. The van der Waals surface area contributed by atoms with Gasteiger partial charge < -0.3 is 44.0 Å². The van der Waals surface area contributed by atoms with Gasteiger partial charge in [-0.3, -0.25) is 19.4 Å². The summed E-state index contributed by atoms with van der Waals surface area (Å²) >= 11 is 0. The molecule has 2 rings (SSSR count). The van der Waals surface area contributed by atoms with E-state index in [1.54, 1.807) is 12.1 Å². The summed E-state index contributed by atoms with van der Waals surface area (Å²) in [6.45, 7) is 2.62. The summed E-state index contributed by atoms with van der Waals surface area (Å²) in [5.74, 6) is -1.80. The molecule has 0 radical (unpaired) electrons. The van der Waals surface area contributed by atoms with Crippen LogP contribution >= 0.6 is 0 Å². The van der Waals surface area contributed by atoms with Gasteiger partial charge in [0.15, 0.2) is 11.9 Å². The van der Waals surface area contributed by atoms with Gasteiger partial charge in [-0.25, -0.2) is 4.99 Å². The SMILES string of the molecule is CCCNC(=O)[C@H](Cc1ccccc1)NC(=O)[C@@H](CCCN=C(N)N)NC(=O)[C@H](Cc1ccc(O)cc1)N=C(N)N. The molecular formula is C28H41N9O4. The number of benzene rings is 2. The molecule has 0 spiro atoms. The van der Waals surface area contributed by atoms with E-state index in [0.29, 0.717) is 18.5 Å². The third-order valence-electron chi connectivity index (χ3n) is 6.02. The lowest BCUT2D eigenvalue weighted by molar-refractivity contribution is -0.132. The second-order valence-electron chi connectivity index (χ2n) is 9.49. The molecule has 0 aliphatic carbocycles. The molecule has 0 aliphatic heterocycles. The first-order chi connectivity index (χ1) is 19.6. The fourth-order valence-electron chi connectivity index (χ4n) is 3.98. The average Bonchev–Trinajstić information content (AvgIpc) is 2.93. The number of rotatable bonds is 16. The molecule has 3 amide bonds. The van der Waals surface area contributed by atoms with E-state index in [4.69, 9.17) is 22.9 Å². The standard InChI is InChI=1S/C28H41N9O4/c1-2-14-33-24(39)22(16-18-7-4-3-5-8-18)36-25(40)21(9-6-15-34-27(29)30)35-26(41)23(37-28(31)32)17-19-10-12-20(38)13-11-19/h3-5,7-8,10-13,21-23,38H,2,6,9,14-17H2,1H3,(H,33,39)(H,35,41)(H,36,40)(H4,29,30,34)(H4,31,32,37)/t21-,22+,23+/m1/s1. The zero-order valence-corrected chi connectivity index (χ0v) is 23.3. The van der Waals surface area contributed by atoms with E-state index in [0.717, 1.165) is 12.0 Å². The zero-order valence-electron chi connectivity index (χ0n) is 23.3. The average molecular weight is 568 g/mol. The van der Waals surface area contributed by atoms with Crippen molar-refractivity contribution in [3.8, 4) is 5.75 Å². The van der Waals surface area contributed by atoms with Gasteiger partial charge in [0.05, 0.1) is 0 Å². The van der Waals surface area contributed by atoms with Crippen molar-refractivity contribution in [2.75, 3.05) is 13.1 Å². The number of nitrogens with one attached hydrogen (secondary N) is 3. The number of phenols is 1. The number of amides is 3. The maximum Gasteiger partial charge on any atom is 0.245 e. The van der Waals surface area contributed by atoms with Crippen molar-refractivity contribution in [2.24, 2.45) is 32.9 Å². The van der Waals surface area contributed by atoms with Gasteiger partial charge in [0.25, 0.3) is 0 Å². The molecule has 0 heterocycles. The van der Waals surface area contributed by atoms with Crippen LogP contribution < -0.4 is 38.9 Å². The Morgan fingerprint density at radius 3 is 2.05 bits per heavy atom. The van der Waals surface area contributed by atoms with Gasteiger partial charge in [0, 0.05) is 25.9 Å². The molecule has 0 unspecified atom stereocenters. The van der Waals surface area contributed by atoms with Gasteiger partial charge in [0.1, 0.15) is 23.9 Å². The van der Waals surface area contributed by atoms with Gasteiger partial charge in [-0.1, -0.05) is 49.4 Å². The lowest BCUT2D eigenvalue weighted by atomic mass is 10.0. The van der Waals surface area contributed by atoms with E-state index in [2.05, 4.69) is 25.9 Å². The third-order valence-corrected chi connectivity index (χ3v) is 6.02. The third kappa shape index (κ3) is 12.3. The highest BCUT2D eigenvalue weighted by Gasteiger charge is 2.29. The monoisotopic (exact) mass is 567 g/mol. The first-order valence-corrected chi connectivity index (χ1v) is 13.4. The quantitative estimate of drug-likeness (QED) is 0.0736. The Kier molecular flexibility index (Phi) is 13.4. The Balaban J connectivity index is 2.26. The van der Waals surface area contributed by atoms with Crippen LogP contribution in [0, 0.1) is 0 Å². The fraction of sp³-hybridized carbons (Fsp3) is 0.393. The maximum atomic E-state index is 13.5. The number of aromatic hydroxyl groups is 1. The number of hydrogen-bond acceptors (Lipinski definition) is 6. The minimum atomic E-state index is -1.05. The molecule has 2 aromatic rings. The molecule has 222 valence electrons. The summed E-state index contributed by atoms with van der Waals surface area (Å²) in [4.78, 5) is 47.8. The molecule has 0 bridgehead atoms. The van der Waals surface area contributed by atoms with Crippen molar-refractivity contribution in [1.82, 2.24) is 16.0 Å². The van der Waals surface area contributed by atoms with Crippen molar-refractivity contribution >= 4 is 29.6 Å². The minimum absolute atomic E-state index is 0.0714. The van der Waals surface area contributed by atoms with Gasteiger partial charge in [-0.2, -0.15) is 0 Å². The first-order valence-electron chi connectivity index (χ1n) is 13.4. The molecule has 41 heavy (non-hydrogen) atoms. The number of phenolic OH excluding ortho intramolecular Hbond substituents is 1. The van der Waals surface area contributed by atoms with Crippen molar-refractivity contribution in [2.45, 2.75) is 57.2 Å². The number of nitrogens with two attached hydrogens (primary N) is 4. The minimum Gasteiger partial charge on any atom is -0.508 e. The van der Waals surface area contributed by atoms with Crippen LogP contribution in [0.2, 0.25) is 0 Å². The lowest BCUT2D eigenvalue weighted by Gasteiger charge is -2.24. The van der Waals surface area contributed by atoms with Gasteiger partial charge in [-0.05, 0) is 42.5 Å². The van der Waals surface area contributed by atoms with E-state index in [1.165, 1.54) is 12.1 Å². The number of nitrogens with zero attached hydrogens (tertiary/aromatic N) is 2. The molecule has 2 aromatic carbocycles. The highest BCUT2D eigenvalue weighted by Crippen LogP contribution is 2.13. The molecular weight excluding hydrogens is 526 g/mol. The second kappa shape index (κ2) is 17.0. The van der Waals surface area contributed by atoms with Gasteiger partial charge in [-0.15, -0.1) is 0 Å². The summed E-state index contributed by atoms with van der Waals surface area (Å²) in [6, 6.07) is 12.6. The topological polar surface area (TPSA) is 236 Å². The zero-order chi connectivity index (χ0) is 30.2. The van der Waals surface area contributed by atoms with Crippen molar-refractivity contribution in [1.29, 1.82) is 0 Å². The number of carbonyl (C=O) groups excluding carboxylic acids is 3. The van der Waals surface area contributed by atoms with Crippen LogP contribution in [-0.2, 0) is 27.2 Å². The van der Waals surface area contributed by atoms with Crippen LogP contribution in [-0.4, -0.2) is 66.0 Å². The summed E-state index contributed by atoms with van der Waals surface area (Å²) < 4.78 is 0. The van der Waals surface area contributed by atoms with Gasteiger partial charge >= 0.3 is 0 Å². The Hall–Kier alpha value is -4.81. The van der Waals surface area contributed by atoms with Crippen LogP contribution in [0.1, 0.15) is 37.3 Å². The van der Waals surface area contributed by atoms with Crippen molar-refractivity contribution in [3.63, 3.8) is 0 Å². The predicted octanol–water partition coefficient (Wildman–Crippen LogP) is -0.631. The van der Waals surface area contributed by atoms with Gasteiger partial charge in [0.2, 0.25) is 17.7 Å². The Morgan fingerprint density at radius 1 is 0.805 bits per heavy atom. The van der Waals surface area contributed by atoms with E-state index in [-0.39, 0.29) is 49.4 Å². The van der Waals surface area contributed by atoms with E-state index in [1.807, 2.05) is 37.3 Å². The number of guanidine groups is 2. The van der Waals surface area contributed by atoms with E-state index in [9.17, 15) is 19.5 Å². The molecule has 13 heteroatoms. The molecule has 3 atom stereocenters. The molecule has 0 saturated heterocycles. The van der Waals surface area contributed by atoms with Crippen LogP contribution in [0.3, 0.4) is 0 Å². The highest BCUT2D eigenvalue weighted by atomic mass is 16.3. The molecule has 12 N–H and O–H groups in total. The Labute approximate surface area is 239 Å². The Bertz CT molecular complexity index is 1180. The molecule has 0 saturated carbocycles. The number of carbonyl (C=O) groups is 3. The molecule has 0 aromatic heterocycles. The van der Waals surface area contributed by atoms with Crippen LogP contribution in [0.15, 0.2) is 64.6 Å². The van der Waals surface area contributed by atoms with Crippen molar-refractivity contribution < 1.29 is 19.5 Å². The summed E-state index contributed by atoms with van der Waals surface area (Å²) in [6.07, 6.45) is 1.65. The lowest BCUT2D eigenvalue weighted by Crippen LogP contribution is -2.55. The predicted molar refractivity (Wildman–Crippen MR) is 159 cm³/mol. The first kappa shape index (κ1) is 32.4. The largest absolute Gasteiger partial charge is 0.508 e. The fourth-order valence-corrected chi connectivity index (χ4v) is 3.98. The number of hydrogen-bond donors (Lipinski definition) is 8. The van der Waals surface area contributed by atoms with Crippen LogP contribution in [0.4, 0.5) is 0 Å². The summed E-state index contributed by atoms with van der Waals surface area (Å²) in [7, 11) is 0. The van der Waals surface area contributed by atoms with E-state index < -0.39 is 29.9 Å². The Morgan fingerprint density at radius 2 is 1.44 bits per heavy atom. The van der Waals surface area contributed by atoms with E-state index >= 15 is 0 Å². The molecule has 0 aliphatic rings. The van der Waals surface area contributed by atoms with Crippen LogP contribution in [0.25, 0.3) is 0 Å². The number of aliphatic imine (C=N–C) groups is 2. The molecule has 0 fully saturated rings.